The van der Waals surface area contributed by atoms with Gasteiger partial charge < -0.3 is 0 Å². The minimum absolute atomic E-state index is 0.0833. The van der Waals surface area contributed by atoms with Gasteiger partial charge in [0.2, 0.25) is 0 Å². The van der Waals surface area contributed by atoms with Crippen LogP contribution in [0.4, 0.5) is 26.3 Å². The standard InChI is InChI=1S/C36H47F6P2Si/c1-32(2,3)25-21-28(33(4,5)6)30(29(22-25)34(7,8)9)43-31(45(10,11)12)44(26-17-13-23(14-18-26)35(37,38)39)27-19-15-24(16-20-27)36(40,41)42/h13-22,43H,1-12H3/q+1. The van der Waals surface area contributed by atoms with E-state index in [1.165, 1.54) is 50.9 Å². The zero-order valence-corrected chi connectivity index (χ0v) is 31.4. The first-order chi connectivity index (χ1) is 20.1. The average Bonchev–Trinajstić information content (AvgIpc) is 2.85. The largest absolute Gasteiger partial charge is 0.416 e. The molecule has 0 amide bonds. The molecular weight excluding hydrogens is 636 g/mol. The third kappa shape index (κ3) is 9.11. The Kier molecular flexibility index (Phi) is 10.5. The molecule has 0 aliphatic heterocycles. The predicted molar refractivity (Wildman–Crippen MR) is 188 cm³/mol. The molecule has 0 heterocycles. The molecule has 0 aliphatic rings. The van der Waals surface area contributed by atoms with Crippen LogP contribution in [0.25, 0.3) is 0 Å². The summed E-state index contributed by atoms with van der Waals surface area (Å²) in [6, 6.07) is 15.1. The zero-order valence-electron chi connectivity index (χ0n) is 28.5. The minimum Gasteiger partial charge on any atom is -0.166 e. The third-order valence-corrected chi connectivity index (χ3v) is 18.5. The molecule has 0 saturated heterocycles. The van der Waals surface area contributed by atoms with Gasteiger partial charge >= 0.3 is 12.4 Å². The van der Waals surface area contributed by atoms with Crippen LogP contribution in [0.3, 0.4) is 0 Å². The molecule has 0 nitrogen and oxygen atoms in total. The fourth-order valence-electron chi connectivity index (χ4n) is 5.10. The van der Waals surface area contributed by atoms with Crippen molar-refractivity contribution < 1.29 is 26.3 Å². The number of alkyl halides is 6. The molecule has 1 unspecified atom stereocenters. The van der Waals surface area contributed by atoms with Crippen LogP contribution in [0.1, 0.15) is 90.1 Å². The highest BCUT2D eigenvalue weighted by atomic mass is 31.1. The van der Waals surface area contributed by atoms with Crippen molar-refractivity contribution in [3.63, 3.8) is 0 Å². The maximum atomic E-state index is 13.6. The fraction of sp³-hybridized carbons (Fsp3) is 0.472. The lowest BCUT2D eigenvalue weighted by Gasteiger charge is -2.34. The van der Waals surface area contributed by atoms with E-state index in [1.54, 1.807) is 0 Å². The van der Waals surface area contributed by atoms with Gasteiger partial charge in [-0.2, -0.15) is 26.3 Å². The van der Waals surface area contributed by atoms with Crippen LogP contribution in [0.5, 0.6) is 0 Å². The molecule has 0 N–H and O–H groups in total. The van der Waals surface area contributed by atoms with Crippen LogP contribution in [0.15, 0.2) is 60.7 Å². The van der Waals surface area contributed by atoms with Gasteiger partial charge in [-0.15, -0.1) is 0 Å². The van der Waals surface area contributed by atoms with E-state index in [2.05, 4.69) is 94.1 Å². The summed E-state index contributed by atoms with van der Waals surface area (Å²) in [6.45, 7) is 26.6. The van der Waals surface area contributed by atoms with Gasteiger partial charge in [0.25, 0.3) is 0 Å². The van der Waals surface area contributed by atoms with E-state index in [0.717, 1.165) is 24.3 Å². The van der Waals surface area contributed by atoms with Crippen LogP contribution in [-0.2, 0) is 28.6 Å². The van der Waals surface area contributed by atoms with E-state index in [4.69, 9.17) is 0 Å². The van der Waals surface area contributed by atoms with Crippen LogP contribution in [-0.4, -0.2) is 12.7 Å². The van der Waals surface area contributed by atoms with E-state index in [9.17, 15) is 26.3 Å². The summed E-state index contributed by atoms with van der Waals surface area (Å²) in [6.07, 6.45) is -8.97. The Labute approximate surface area is 269 Å². The molecule has 0 spiro atoms. The summed E-state index contributed by atoms with van der Waals surface area (Å²) in [5.41, 5.74) is 1.77. The van der Waals surface area contributed by atoms with Crippen LogP contribution >= 0.6 is 16.1 Å². The van der Waals surface area contributed by atoms with Crippen molar-refractivity contribution in [2.75, 3.05) is 0 Å². The summed E-state index contributed by atoms with van der Waals surface area (Å²) in [5.74, 6) is 0. The number of hydrogen-bond acceptors (Lipinski definition) is 0. The molecule has 3 aromatic rings. The molecule has 3 aromatic carbocycles. The molecule has 0 aromatic heterocycles. The SMILES string of the molecule is CC(C)(C)c1cc(C(C)(C)C)c(PC(=[P+](c2ccc(C(F)(F)F)cc2)c2ccc(C(F)(F)F)cc2)[Si](C)(C)C)c(C(C)(C)C)c1. The summed E-state index contributed by atoms with van der Waals surface area (Å²) < 4.78 is 82.6. The lowest BCUT2D eigenvalue weighted by molar-refractivity contribution is -0.138. The van der Waals surface area contributed by atoms with Gasteiger partial charge in [0.1, 0.15) is 12.7 Å². The molecule has 3 rings (SSSR count). The topological polar surface area (TPSA) is 0 Å². The van der Waals surface area contributed by atoms with Crippen LogP contribution in [0.2, 0.25) is 19.6 Å². The quantitative estimate of drug-likeness (QED) is 0.143. The Hall–Kier alpha value is -1.94. The second kappa shape index (κ2) is 12.6. The molecule has 0 fully saturated rings. The summed E-state index contributed by atoms with van der Waals surface area (Å²) in [7, 11) is -3.35. The second-order valence-corrected chi connectivity index (χ2v) is 25.6. The van der Waals surface area contributed by atoms with Crippen molar-refractivity contribution in [3.8, 4) is 0 Å². The first-order valence-corrected chi connectivity index (χ1v) is 20.9. The van der Waals surface area contributed by atoms with E-state index in [1.807, 2.05) is 0 Å². The Morgan fingerprint density at radius 1 is 0.533 bits per heavy atom. The monoisotopic (exact) mass is 683 g/mol. The van der Waals surface area contributed by atoms with Gasteiger partial charge in [-0.3, -0.25) is 0 Å². The van der Waals surface area contributed by atoms with Crippen LogP contribution in [0, 0.1) is 0 Å². The van der Waals surface area contributed by atoms with E-state index in [0.29, 0.717) is 10.6 Å². The van der Waals surface area contributed by atoms with Gasteiger partial charge in [-0.25, -0.2) is 0 Å². The minimum atomic E-state index is -4.49. The van der Waals surface area contributed by atoms with Crippen molar-refractivity contribution in [3.05, 3.63) is 88.5 Å². The summed E-state index contributed by atoms with van der Waals surface area (Å²) >= 11 is 0. The predicted octanol–water partition coefficient (Wildman–Crippen LogP) is 11.1. The maximum Gasteiger partial charge on any atom is 0.416 e. The van der Waals surface area contributed by atoms with Crippen molar-refractivity contribution in [1.82, 2.24) is 0 Å². The molecule has 45 heavy (non-hydrogen) atoms. The van der Waals surface area contributed by atoms with E-state index >= 15 is 0 Å². The van der Waals surface area contributed by atoms with Gasteiger partial charge in [0.05, 0.1) is 11.1 Å². The average molecular weight is 684 g/mol. The lowest BCUT2D eigenvalue weighted by atomic mass is 9.75. The molecule has 246 valence electrons. The number of halogens is 6. The first kappa shape index (κ1) is 37.5. The Bertz CT molecular complexity index is 1440. The Morgan fingerprint density at radius 3 is 1.11 bits per heavy atom. The second-order valence-electron chi connectivity index (χ2n) is 15.8. The molecule has 0 radical (unpaired) electrons. The molecule has 1 atom stereocenters. The maximum absolute atomic E-state index is 13.6. The molecular formula is C36H47F6P2Si+. The highest BCUT2D eigenvalue weighted by molar-refractivity contribution is 7.96. The van der Waals surface area contributed by atoms with Crippen molar-refractivity contribution >= 4 is 44.8 Å². The van der Waals surface area contributed by atoms with Crippen LogP contribution < -0.4 is 15.9 Å². The third-order valence-electron chi connectivity index (χ3n) is 7.70. The Balaban J connectivity index is 2.50. The molecule has 0 saturated carbocycles. The lowest BCUT2D eigenvalue weighted by Crippen LogP contribution is -2.37. The number of benzene rings is 3. The fourth-order valence-corrected chi connectivity index (χ4v) is 15.1. The van der Waals surface area contributed by atoms with E-state index < -0.39 is 39.1 Å². The first-order valence-electron chi connectivity index (χ1n) is 15.1. The van der Waals surface area contributed by atoms with Crippen molar-refractivity contribution in [2.24, 2.45) is 0 Å². The smallest absolute Gasteiger partial charge is 0.166 e. The van der Waals surface area contributed by atoms with Gasteiger partial charge in [0.15, 0.2) is 18.2 Å². The zero-order chi connectivity index (χ0) is 34.6. The summed E-state index contributed by atoms with van der Waals surface area (Å²) in [4.78, 5) is 0. The summed E-state index contributed by atoms with van der Waals surface area (Å²) in [5, 5.41) is 2.67. The molecule has 9 heteroatoms. The Morgan fingerprint density at radius 2 is 0.867 bits per heavy atom. The van der Waals surface area contributed by atoms with Gasteiger partial charge in [-0.05, 0) is 95.4 Å². The highest BCUT2D eigenvalue weighted by Crippen LogP contribution is 2.43. The number of hydrogen-bond donors (Lipinski definition) is 0. The molecule has 0 aliphatic carbocycles. The highest BCUT2D eigenvalue weighted by Gasteiger charge is 2.40. The van der Waals surface area contributed by atoms with Gasteiger partial charge in [0, 0.05) is 0 Å². The van der Waals surface area contributed by atoms with E-state index in [-0.39, 0.29) is 24.8 Å². The van der Waals surface area contributed by atoms with Crippen molar-refractivity contribution in [2.45, 2.75) is 111 Å². The number of rotatable bonds is 5. The van der Waals surface area contributed by atoms with Gasteiger partial charge in [-0.1, -0.05) is 94.1 Å². The normalized spacial score (nSPS) is 13.9. The molecule has 0 bridgehead atoms. The van der Waals surface area contributed by atoms with Crippen molar-refractivity contribution in [1.29, 1.82) is 0 Å².